The van der Waals surface area contributed by atoms with Gasteiger partial charge in [0, 0.05) is 11.1 Å². The van der Waals surface area contributed by atoms with E-state index < -0.39 is 42.3 Å². The molecule has 0 saturated carbocycles. The van der Waals surface area contributed by atoms with Crippen LogP contribution in [0.25, 0.3) is 0 Å². The highest BCUT2D eigenvalue weighted by Gasteiger charge is 2.46. The second-order valence-corrected chi connectivity index (χ2v) is 6.82. The number of hydrogen-bond donors (Lipinski definition) is 2. The van der Waals surface area contributed by atoms with Gasteiger partial charge in [0.25, 0.3) is 0 Å². The fourth-order valence-electron chi connectivity index (χ4n) is 3.06. The largest absolute Gasteiger partial charge is 0.454 e. The summed E-state index contributed by atoms with van der Waals surface area (Å²) >= 11 is 0. The molecule has 1 fully saturated rings. The molecule has 5 atom stereocenters. The van der Waals surface area contributed by atoms with E-state index in [1.54, 1.807) is 45.9 Å². The molecule has 0 spiro atoms. The van der Waals surface area contributed by atoms with Crippen molar-refractivity contribution in [2.24, 2.45) is 5.92 Å². The number of hydrogen-bond acceptors (Lipinski definition) is 6. The second kappa shape index (κ2) is 8.01. The molecule has 0 bridgehead atoms. The van der Waals surface area contributed by atoms with Crippen molar-refractivity contribution in [2.75, 3.05) is 0 Å². The third kappa shape index (κ3) is 3.97. The summed E-state index contributed by atoms with van der Waals surface area (Å²) in [6, 6.07) is 0. The molecule has 1 heterocycles. The Kier molecular flexibility index (Phi) is 6.21. The third-order valence-electron chi connectivity index (χ3n) is 4.99. The monoisotopic (exact) mass is 362 g/mol. The molecule has 26 heavy (non-hydrogen) atoms. The highest BCUT2D eigenvalue weighted by molar-refractivity contribution is 5.91. The van der Waals surface area contributed by atoms with Crippen LogP contribution in [0.15, 0.2) is 47.1 Å². The lowest BCUT2D eigenvalue weighted by Crippen LogP contribution is -2.42. The van der Waals surface area contributed by atoms with E-state index in [9.17, 15) is 19.8 Å². The topological polar surface area (TPSA) is 93.1 Å². The fraction of sp³-hybridized carbons (Fsp3) is 0.500. The second-order valence-electron chi connectivity index (χ2n) is 6.82. The first-order valence-corrected chi connectivity index (χ1v) is 8.62. The van der Waals surface area contributed by atoms with Crippen LogP contribution in [-0.4, -0.2) is 46.6 Å². The highest BCUT2D eigenvalue weighted by atomic mass is 16.6. The van der Waals surface area contributed by atoms with Crippen LogP contribution in [0.2, 0.25) is 0 Å². The van der Waals surface area contributed by atoms with Crippen LogP contribution in [0.3, 0.4) is 0 Å². The Hall–Kier alpha value is -2.18. The lowest BCUT2D eigenvalue weighted by Gasteiger charge is -2.31. The van der Waals surface area contributed by atoms with Gasteiger partial charge < -0.3 is 19.7 Å². The number of esters is 2. The molecule has 6 nitrogen and oxygen atoms in total. The van der Waals surface area contributed by atoms with Crippen LogP contribution in [0.1, 0.15) is 34.1 Å². The standard InChI is InChI=1S/C20H26O6/c1-6-10(2)19(23)26-18-11(3)7-8-14(21)12(4)9-15-16(17(18)22)13(5)20(24)25-15/h6-7,9,14-18,21-22H,5,8H2,1-4H3. The molecule has 2 aliphatic rings. The quantitative estimate of drug-likeness (QED) is 0.443. The van der Waals surface area contributed by atoms with Crippen molar-refractivity contribution in [3.63, 3.8) is 0 Å². The molecule has 6 heteroatoms. The van der Waals surface area contributed by atoms with Gasteiger partial charge in [0.1, 0.15) is 18.3 Å². The molecule has 0 aromatic rings. The van der Waals surface area contributed by atoms with Crippen molar-refractivity contribution in [3.05, 3.63) is 47.1 Å². The number of rotatable bonds is 2. The van der Waals surface area contributed by atoms with E-state index in [1.807, 2.05) is 0 Å². The summed E-state index contributed by atoms with van der Waals surface area (Å²) in [6.45, 7) is 10.5. The zero-order chi connectivity index (χ0) is 19.6. The summed E-state index contributed by atoms with van der Waals surface area (Å²) in [7, 11) is 0. The number of allylic oxidation sites excluding steroid dienone is 1. The number of ether oxygens (including phenoxy) is 2. The normalized spacial score (nSPS) is 33.0. The van der Waals surface area contributed by atoms with Crippen molar-refractivity contribution >= 4 is 11.9 Å². The smallest absolute Gasteiger partial charge is 0.334 e. The summed E-state index contributed by atoms with van der Waals surface area (Å²) in [5.74, 6) is -1.93. The molecule has 1 saturated heterocycles. The minimum Gasteiger partial charge on any atom is -0.454 e. The van der Waals surface area contributed by atoms with E-state index in [4.69, 9.17) is 9.47 Å². The summed E-state index contributed by atoms with van der Waals surface area (Å²) in [5, 5.41) is 21.2. The highest BCUT2D eigenvalue weighted by Crippen LogP contribution is 2.35. The van der Waals surface area contributed by atoms with Gasteiger partial charge in [-0.2, -0.15) is 0 Å². The Morgan fingerprint density at radius 2 is 2.00 bits per heavy atom. The molecule has 5 unspecified atom stereocenters. The lowest BCUT2D eigenvalue weighted by atomic mass is 9.83. The maximum Gasteiger partial charge on any atom is 0.334 e. The van der Waals surface area contributed by atoms with Gasteiger partial charge in [-0.3, -0.25) is 0 Å². The van der Waals surface area contributed by atoms with Crippen molar-refractivity contribution < 1.29 is 29.3 Å². The Balaban J connectivity index is 2.46. The molecule has 1 aliphatic carbocycles. The van der Waals surface area contributed by atoms with Crippen molar-refractivity contribution in [1.82, 2.24) is 0 Å². The molecule has 142 valence electrons. The van der Waals surface area contributed by atoms with Crippen LogP contribution in [0.4, 0.5) is 0 Å². The Morgan fingerprint density at radius 3 is 2.62 bits per heavy atom. The Bertz CT molecular complexity index is 699. The summed E-state index contributed by atoms with van der Waals surface area (Å²) in [6.07, 6.45) is 1.56. The molecule has 2 rings (SSSR count). The van der Waals surface area contributed by atoms with E-state index in [0.717, 1.165) is 0 Å². The van der Waals surface area contributed by atoms with Gasteiger partial charge in [0.2, 0.25) is 0 Å². The number of fused-ring (bicyclic) bond motifs is 1. The van der Waals surface area contributed by atoms with Crippen LogP contribution in [-0.2, 0) is 19.1 Å². The van der Waals surface area contributed by atoms with E-state index in [0.29, 0.717) is 23.1 Å². The van der Waals surface area contributed by atoms with E-state index >= 15 is 0 Å². The van der Waals surface area contributed by atoms with Gasteiger partial charge in [0.05, 0.1) is 12.0 Å². The van der Waals surface area contributed by atoms with Crippen molar-refractivity contribution in [1.29, 1.82) is 0 Å². The van der Waals surface area contributed by atoms with Gasteiger partial charge in [-0.1, -0.05) is 18.7 Å². The van der Waals surface area contributed by atoms with Crippen molar-refractivity contribution in [3.8, 4) is 0 Å². The minimum atomic E-state index is -1.21. The third-order valence-corrected chi connectivity index (χ3v) is 4.99. The summed E-state index contributed by atoms with van der Waals surface area (Å²) in [5.41, 5.74) is 1.76. The number of aliphatic hydroxyl groups excluding tert-OH is 2. The molecule has 0 amide bonds. The minimum absolute atomic E-state index is 0.123. The van der Waals surface area contributed by atoms with Gasteiger partial charge in [0.15, 0.2) is 0 Å². The predicted molar refractivity (Wildman–Crippen MR) is 96.0 cm³/mol. The van der Waals surface area contributed by atoms with Gasteiger partial charge >= 0.3 is 11.9 Å². The van der Waals surface area contributed by atoms with Gasteiger partial charge in [-0.25, -0.2) is 9.59 Å². The van der Waals surface area contributed by atoms with Crippen LogP contribution in [0.5, 0.6) is 0 Å². The van der Waals surface area contributed by atoms with E-state index in [1.165, 1.54) is 0 Å². The number of aliphatic hydroxyl groups is 2. The van der Waals surface area contributed by atoms with E-state index in [-0.39, 0.29) is 5.57 Å². The van der Waals surface area contributed by atoms with E-state index in [2.05, 4.69) is 6.58 Å². The molecule has 1 aliphatic heterocycles. The zero-order valence-electron chi connectivity index (χ0n) is 15.6. The average Bonchev–Trinajstić information content (AvgIpc) is 2.88. The van der Waals surface area contributed by atoms with Crippen LogP contribution in [0, 0.1) is 5.92 Å². The van der Waals surface area contributed by atoms with Crippen LogP contribution < -0.4 is 0 Å². The first-order chi connectivity index (χ1) is 12.2. The fourth-order valence-corrected chi connectivity index (χ4v) is 3.06. The number of carbonyl (C=O) groups is 2. The zero-order valence-corrected chi connectivity index (χ0v) is 15.6. The SMILES string of the molecule is C=C1C(=O)OC2C=C(C)C(O)CC=C(C)C(OC(=O)C(C)=CC)C(O)C12. The molecule has 0 radical (unpaired) electrons. The lowest BCUT2D eigenvalue weighted by molar-refractivity contribution is -0.150. The Labute approximate surface area is 153 Å². The maximum absolute atomic E-state index is 12.2. The molecular formula is C20H26O6. The first kappa shape index (κ1) is 20.1. The van der Waals surface area contributed by atoms with Crippen molar-refractivity contribution in [2.45, 2.75) is 58.5 Å². The molecule has 0 aromatic heterocycles. The summed E-state index contributed by atoms with van der Waals surface area (Å²) < 4.78 is 10.8. The van der Waals surface area contributed by atoms with Gasteiger partial charge in [-0.05, 0) is 51.3 Å². The van der Waals surface area contributed by atoms with Crippen LogP contribution >= 0.6 is 0 Å². The summed E-state index contributed by atoms with van der Waals surface area (Å²) in [4.78, 5) is 24.2. The first-order valence-electron chi connectivity index (χ1n) is 8.62. The number of carbonyl (C=O) groups excluding carboxylic acids is 2. The average molecular weight is 362 g/mol. The predicted octanol–water partition coefficient (Wildman–Crippen LogP) is 1.98. The molecule has 0 aromatic carbocycles. The van der Waals surface area contributed by atoms with Gasteiger partial charge in [-0.15, -0.1) is 0 Å². The molecular weight excluding hydrogens is 336 g/mol. The maximum atomic E-state index is 12.2. The molecule has 2 N–H and O–H groups in total. The Morgan fingerprint density at radius 1 is 1.35 bits per heavy atom.